The van der Waals surface area contributed by atoms with Crippen molar-refractivity contribution in [3.05, 3.63) is 75.5 Å². The van der Waals surface area contributed by atoms with E-state index in [2.05, 4.69) is 68.6 Å². The molecule has 0 spiro atoms. The van der Waals surface area contributed by atoms with Gasteiger partial charge in [-0.1, -0.05) is 79.1 Å². The second-order valence-electron chi connectivity index (χ2n) is 14.4. The Balaban J connectivity index is 1.93. The standard InChI is InChI=1S/C40H57ClN4O5S/c1-12-29-32(43-31-19-18-28(23-26(31)6)45(16-5)22-21-42-51(11,48)49)25-33(37(46)36(29)41)44-38(47)34(13-2)50-35-20-17-27(39(7,8)14-3)24-30(35)40(9,10)15-4/h17-20,23-25,34,42H,12-16,21-22H2,1-11H3,(H,44,47). The molecular weight excluding hydrogens is 684 g/mol. The molecule has 0 aliphatic heterocycles. The Morgan fingerprint density at radius 3 is 2.22 bits per heavy atom. The number of nitrogens with zero attached hydrogens (tertiary/aromatic N) is 2. The number of nitrogens with one attached hydrogen (secondary N) is 2. The first kappa shape index (κ1) is 41.9. The molecular formula is C40H57ClN4O5S. The van der Waals surface area contributed by atoms with Crippen molar-refractivity contribution in [2.45, 2.75) is 112 Å². The van der Waals surface area contributed by atoms with Crippen molar-refractivity contribution in [1.82, 2.24) is 10.0 Å². The van der Waals surface area contributed by atoms with E-state index in [9.17, 15) is 18.0 Å². The summed E-state index contributed by atoms with van der Waals surface area (Å²) >= 11 is 6.64. The van der Waals surface area contributed by atoms with Gasteiger partial charge >= 0.3 is 0 Å². The molecule has 0 radical (unpaired) electrons. The molecule has 51 heavy (non-hydrogen) atoms. The minimum atomic E-state index is -3.28. The highest BCUT2D eigenvalue weighted by atomic mass is 35.5. The summed E-state index contributed by atoms with van der Waals surface area (Å²) in [5.74, 6) is -0.253. The molecule has 1 atom stereocenters. The minimum Gasteiger partial charge on any atom is -0.480 e. The Labute approximate surface area is 311 Å². The highest BCUT2D eigenvalue weighted by molar-refractivity contribution is 7.88. The van der Waals surface area contributed by atoms with Gasteiger partial charge in [0.2, 0.25) is 15.8 Å². The van der Waals surface area contributed by atoms with Crippen LogP contribution in [0.15, 0.2) is 63.8 Å². The Kier molecular flexibility index (Phi) is 14.3. The third-order valence-electron chi connectivity index (χ3n) is 10.0. The smallest absolute Gasteiger partial charge is 0.265 e. The quantitative estimate of drug-likeness (QED) is 0.158. The number of benzene rings is 2. The number of anilines is 1. The first-order chi connectivity index (χ1) is 23.8. The molecule has 11 heteroatoms. The molecule has 9 nitrogen and oxygen atoms in total. The molecule has 1 unspecified atom stereocenters. The number of allylic oxidation sites excluding steroid dienone is 3. The number of hydrogen-bond acceptors (Lipinski definition) is 7. The maximum atomic E-state index is 13.8. The van der Waals surface area contributed by atoms with Crippen molar-refractivity contribution in [2.75, 3.05) is 30.8 Å². The molecule has 0 aromatic heterocycles. The predicted octanol–water partition coefficient (Wildman–Crippen LogP) is 8.16. The van der Waals surface area contributed by atoms with E-state index in [0.29, 0.717) is 48.7 Å². The summed E-state index contributed by atoms with van der Waals surface area (Å²) in [5.41, 5.74) is 5.70. The SMILES string of the molecule is CCC1=C(Cl)C(=O)C(NC(=O)C(CC)Oc2ccc(C(C)(C)CC)cc2C(C)(C)CC)=CC1=Nc1ccc(N(CC)CCNS(C)(=O)=O)cc1C. The lowest BCUT2D eigenvalue weighted by Gasteiger charge is -2.31. The molecule has 0 saturated carbocycles. The fourth-order valence-electron chi connectivity index (χ4n) is 5.78. The number of sulfonamides is 1. The number of carbonyl (C=O) groups excluding carboxylic acids is 2. The number of likely N-dealkylation sites (N-methyl/N-ethyl adjacent to an activating group) is 1. The lowest BCUT2D eigenvalue weighted by Crippen LogP contribution is -2.40. The number of rotatable bonds is 17. The molecule has 1 aliphatic carbocycles. The molecule has 1 amide bonds. The monoisotopic (exact) mass is 740 g/mol. The number of ketones is 1. The van der Waals surface area contributed by atoms with Crippen molar-refractivity contribution in [3.8, 4) is 5.75 Å². The molecule has 2 aromatic rings. The predicted molar refractivity (Wildman–Crippen MR) is 211 cm³/mol. The summed E-state index contributed by atoms with van der Waals surface area (Å²) in [4.78, 5) is 34.2. The van der Waals surface area contributed by atoms with Crippen LogP contribution in [0.4, 0.5) is 11.4 Å². The van der Waals surface area contributed by atoms with E-state index in [1.165, 1.54) is 5.56 Å². The van der Waals surface area contributed by atoms with E-state index in [4.69, 9.17) is 21.3 Å². The van der Waals surface area contributed by atoms with Gasteiger partial charge in [0.25, 0.3) is 5.91 Å². The second kappa shape index (κ2) is 17.4. The fourth-order valence-corrected chi connectivity index (χ4v) is 6.57. The van der Waals surface area contributed by atoms with Gasteiger partial charge in [0.1, 0.15) is 5.75 Å². The lowest BCUT2D eigenvalue weighted by molar-refractivity contribution is -0.128. The Morgan fingerprint density at radius 1 is 1.00 bits per heavy atom. The largest absolute Gasteiger partial charge is 0.480 e. The highest BCUT2D eigenvalue weighted by Gasteiger charge is 2.31. The van der Waals surface area contributed by atoms with Gasteiger partial charge in [0.05, 0.1) is 28.4 Å². The zero-order valence-electron chi connectivity index (χ0n) is 32.3. The van der Waals surface area contributed by atoms with Gasteiger partial charge in [-0.15, -0.1) is 0 Å². The summed E-state index contributed by atoms with van der Waals surface area (Å²) in [6.45, 7) is 22.4. The Hall–Kier alpha value is -3.47. The van der Waals surface area contributed by atoms with E-state index < -0.39 is 27.8 Å². The van der Waals surface area contributed by atoms with Crippen LogP contribution >= 0.6 is 11.6 Å². The summed E-state index contributed by atoms with van der Waals surface area (Å²) in [7, 11) is -3.28. The maximum Gasteiger partial charge on any atom is 0.265 e. The van der Waals surface area contributed by atoms with Crippen LogP contribution in [0.5, 0.6) is 5.75 Å². The number of carbonyl (C=O) groups is 2. The molecule has 1 aliphatic rings. The van der Waals surface area contributed by atoms with Crippen LogP contribution in [-0.4, -0.2) is 57.8 Å². The Morgan fingerprint density at radius 2 is 1.67 bits per heavy atom. The van der Waals surface area contributed by atoms with Gasteiger partial charge in [-0.25, -0.2) is 18.1 Å². The van der Waals surface area contributed by atoms with Crippen LogP contribution in [0.1, 0.15) is 105 Å². The maximum absolute atomic E-state index is 13.8. The number of hydrogen-bond donors (Lipinski definition) is 2. The van der Waals surface area contributed by atoms with E-state index in [0.717, 1.165) is 35.9 Å². The van der Waals surface area contributed by atoms with Gasteiger partial charge in [-0.05, 0) is 91.8 Å². The number of aryl methyl sites for hydroxylation is 1. The van der Waals surface area contributed by atoms with Crippen molar-refractivity contribution in [2.24, 2.45) is 4.99 Å². The molecule has 0 saturated heterocycles. The summed E-state index contributed by atoms with van der Waals surface area (Å²) in [5, 5.41) is 2.84. The number of amides is 1. The van der Waals surface area contributed by atoms with E-state index in [1.807, 2.05) is 52.0 Å². The van der Waals surface area contributed by atoms with Crippen LogP contribution in [-0.2, 0) is 30.4 Å². The number of aliphatic imine (C=N–C) groups is 1. The average Bonchev–Trinajstić information content (AvgIpc) is 3.08. The normalized spacial score (nSPS) is 15.6. The third-order valence-corrected chi connectivity index (χ3v) is 11.1. The molecule has 0 fully saturated rings. The zero-order valence-corrected chi connectivity index (χ0v) is 33.9. The van der Waals surface area contributed by atoms with Crippen LogP contribution in [0.2, 0.25) is 0 Å². The summed E-state index contributed by atoms with van der Waals surface area (Å²) in [6.07, 6.45) is 4.61. The molecule has 0 heterocycles. The van der Waals surface area contributed by atoms with Crippen LogP contribution < -0.4 is 19.7 Å². The average molecular weight is 741 g/mol. The van der Waals surface area contributed by atoms with Crippen LogP contribution in [0.3, 0.4) is 0 Å². The van der Waals surface area contributed by atoms with Crippen LogP contribution in [0, 0.1) is 6.92 Å². The lowest BCUT2D eigenvalue weighted by atomic mass is 9.76. The first-order valence-electron chi connectivity index (χ1n) is 18.0. The number of halogens is 1. The van der Waals surface area contributed by atoms with Gasteiger partial charge in [0.15, 0.2) is 6.10 Å². The van der Waals surface area contributed by atoms with Gasteiger partial charge in [-0.2, -0.15) is 0 Å². The fraction of sp³-hybridized carbons (Fsp3) is 0.525. The van der Waals surface area contributed by atoms with E-state index in [-0.39, 0.29) is 28.1 Å². The van der Waals surface area contributed by atoms with E-state index >= 15 is 0 Å². The minimum absolute atomic E-state index is 0.00839. The van der Waals surface area contributed by atoms with Crippen molar-refractivity contribution >= 4 is 50.4 Å². The van der Waals surface area contributed by atoms with Crippen molar-refractivity contribution in [3.63, 3.8) is 0 Å². The number of ether oxygens (including phenoxy) is 1. The zero-order chi connectivity index (χ0) is 38.3. The molecule has 0 bridgehead atoms. The van der Waals surface area contributed by atoms with Crippen molar-refractivity contribution in [1.29, 1.82) is 0 Å². The molecule has 280 valence electrons. The van der Waals surface area contributed by atoms with Crippen LogP contribution in [0.25, 0.3) is 0 Å². The van der Waals surface area contributed by atoms with Gasteiger partial charge in [0, 0.05) is 36.5 Å². The van der Waals surface area contributed by atoms with Gasteiger partial charge < -0.3 is 15.0 Å². The number of Topliss-reactive ketones (excluding diaryl/α,β-unsaturated/α-hetero) is 1. The topological polar surface area (TPSA) is 117 Å². The highest BCUT2D eigenvalue weighted by Crippen LogP contribution is 2.39. The second-order valence-corrected chi connectivity index (χ2v) is 16.6. The molecule has 3 rings (SSSR count). The summed E-state index contributed by atoms with van der Waals surface area (Å²) < 4.78 is 32.0. The molecule has 2 N–H and O–H groups in total. The summed E-state index contributed by atoms with van der Waals surface area (Å²) in [6, 6.07) is 12.1. The van der Waals surface area contributed by atoms with E-state index in [1.54, 1.807) is 6.08 Å². The van der Waals surface area contributed by atoms with Crippen molar-refractivity contribution < 1.29 is 22.7 Å². The first-order valence-corrected chi connectivity index (χ1v) is 20.3. The third kappa shape index (κ3) is 10.5. The molecule has 2 aromatic carbocycles. The van der Waals surface area contributed by atoms with Gasteiger partial charge in [-0.3, -0.25) is 9.59 Å². The Bertz CT molecular complexity index is 1810.